The molecule has 4 heteroatoms. The number of nitrogens with zero attached hydrogens (tertiary/aromatic N) is 1. The highest BCUT2D eigenvalue weighted by molar-refractivity contribution is 7.09. The monoisotopic (exact) mass is 375 g/mol. The maximum Gasteiger partial charge on any atom is 0.137 e. The van der Waals surface area contributed by atoms with Gasteiger partial charge in [-0.2, -0.15) is 0 Å². The standard InChI is InChI=1S/C15H20NOS.C6H6.ClH/c1-16(2,13-15-9-6-12-18-15)10-11-17-14-7-4-3-5-8-14;1-2-4-6-5-3-1;/h3-9,12H,10-11,13H2,1-2H3;1-6H;1H/q+1;;/p-1. The van der Waals surface area contributed by atoms with Gasteiger partial charge in [0.15, 0.2) is 0 Å². The molecule has 0 atom stereocenters. The fourth-order valence-electron chi connectivity index (χ4n) is 2.22. The number of para-hydroxylation sites is 1. The molecule has 0 saturated heterocycles. The van der Waals surface area contributed by atoms with Crippen molar-refractivity contribution in [2.24, 2.45) is 0 Å². The molecule has 0 fully saturated rings. The molecule has 3 rings (SSSR count). The molecule has 0 N–H and O–H groups in total. The van der Waals surface area contributed by atoms with E-state index in [1.54, 1.807) is 0 Å². The Morgan fingerprint density at radius 1 is 0.800 bits per heavy atom. The summed E-state index contributed by atoms with van der Waals surface area (Å²) in [4.78, 5) is 1.43. The van der Waals surface area contributed by atoms with E-state index in [1.165, 1.54) is 4.88 Å². The Morgan fingerprint density at radius 2 is 1.36 bits per heavy atom. The SMILES string of the molecule is C[N+](C)(CCOc1ccccc1)Cc1cccs1.[Cl-].c1ccccc1. The van der Waals surface area contributed by atoms with E-state index in [-0.39, 0.29) is 12.4 Å². The molecular formula is C21H26ClNOS. The van der Waals surface area contributed by atoms with Crippen LogP contribution in [0, 0.1) is 0 Å². The van der Waals surface area contributed by atoms with Gasteiger partial charge < -0.3 is 21.6 Å². The van der Waals surface area contributed by atoms with Crippen LogP contribution in [0.25, 0.3) is 0 Å². The van der Waals surface area contributed by atoms with Gasteiger partial charge in [0.25, 0.3) is 0 Å². The number of hydrogen-bond acceptors (Lipinski definition) is 2. The molecule has 0 radical (unpaired) electrons. The van der Waals surface area contributed by atoms with Crippen LogP contribution in [0.3, 0.4) is 0 Å². The molecule has 0 saturated carbocycles. The molecule has 0 unspecified atom stereocenters. The number of benzene rings is 2. The van der Waals surface area contributed by atoms with Crippen molar-refractivity contribution in [3.8, 4) is 5.75 Å². The third-order valence-electron chi connectivity index (χ3n) is 3.54. The number of ether oxygens (including phenoxy) is 1. The van der Waals surface area contributed by atoms with Crippen LogP contribution in [0.1, 0.15) is 4.88 Å². The normalized spacial score (nSPS) is 10.2. The van der Waals surface area contributed by atoms with Crippen molar-refractivity contribution < 1.29 is 21.6 Å². The lowest BCUT2D eigenvalue weighted by Gasteiger charge is -2.29. The van der Waals surface area contributed by atoms with Gasteiger partial charge >= 0.3 is 0 Å². The summed E-state index contributed by atoms with van der Waals surface area (Å²) in [5.41, 5.74) is 0. The Labute approximate surface area is 161 Å². The van der Waals surface area contributed by atoms with Gasteiger partial charge in [-0.3, -0.25) is 0 Å². The Balaban J connectivity index is 0.000000379. The molecule has 0 spiro atoms. The molecular weight excluding hydrogens is 350 g/mol. The van der Waals surface area contributed by atoms with Crippen LogP contribution in [0.15, 0.2) is 84.2 Å². The maximum absolute atomic E-state index is 5.75. The first-order valence-corrected chi connectivity index (χ1v) is 9.06. The van der Waals surface area contributed by atoms with Crippen LogP contribution in [0.4, 0.5) is 0 Å². The van der Waals surface area contributed by atoms with Crippen LogP contribution in [-0.2, 0) is 6.54 Å². The zero-order chi connectivity index (χ0) is 17.1. The zero-order valence-corrected chi connectivity index (χ0v) is 16.4. The van der Waals surface area contributed by atoms with Crippen LogP contribution < -0.4 is 17.1 Å². The Kier molecular flexibility index (Phi) is 9.93. The molecule has 1 aromatic heterocycles. The molecule has 0 aliphatic heterocycles. The second-order valence-corrected chi connectivity index (χ2v) is 7.25. The van der Waals surface area contributed by atoms with Gasteiger partial charge in [-0.25, -0.2) is 0 Å². The molecule has 3 aromatic rings. The minimum Gasteiger partial charge on any atom is -1.00 e. The predicted molar refractivity (Wildman–Crippen MR) is 103 cm³/mol. The van der Waals surface area contributed by atoms with Crippen LogP contribution >= 0.6 is 11.3 Å². The highest BCUT2D eigenvalue weighted by Crippen LogP contribution is 2.15. The van der Waals surface area contributed by atoms with Gasteiger partial charge in [-0.15, -0.1) is 11.3 Å². The summed E-state index contributed by atoms with van der Waals surface area (Å²) in [5.74, 6) is 0.952. The van der Waals surface area contributed by atoms with Crippen molar-refractivity contribution in [1.82, 2.24) is 0 Å². The van der Waals surface area contributed by atoms with E-state index in [9.17, 15) is 0 Å². The Bertz CT molecular complexity index is 630. The average molecular weight is 376 g/mol. The molecule has 0 aliphatic rings. The number of quaternary nitrogens is 1. The van der Waals surface area contributed by atoms with Gasteiger partial charge in [0, 0.05) is 0 Å². The zero-order valence-electron chi connectivity index (χ0n) is 14.8. The summed E-state index contributed by atoms with van der Waals surface area (Å²) in [6.45, 7) is 2.82. The number of hydrogen-bond donors (Lipinski definition) is 0. The lowest BCUT2D eigenvalue weighted by molar-refractivity contribution is -0.903. The second kappa shape index (κ2) is 11.7. The minimum absolute atomic E-state index is 0. The number of likely N-dealkylation sites (N-methyl/N-ethyl adjacent to an activating group) is 1. The van der Waals surface area contributed by atoms with Crippen molar-refractivity contribution in [3.05, 3.63) is 89.1 Å². The van der Waals surface area contributed by atoms with Gasteiger partial charge in [0.05, 0.1) is 19.0 Å². The van der Waals surface area contributed by atoms with Gasteiger partial charge in [-0.05, 0) is 23.6 Å². The first-order valence-electron chi connectivity index (χ1n) is 8.18. The first kappa shape index (κ1) is 21.2. The van der Waals surface area contributed by atoms with Crippen molar-refractivity contribution in [2.45, 2.75) is 6.54 Å². The molecule has 0 aliphatic carbocycles. The van der Waals surface area contributed by atoms with E-state index in [4.69, 9.17) is 4.74 Å². The number of rotatable bonds is 6. The van der Waals surface area contributed by atoms with Crippen molar-refractivity contribution in [1.29, 1.82) is 0 Å². The van der Waals surface area contributed by atoms with E-state index in [0.29, 0.717) is 0 Å². The van der Waals surface area contributed by atoms with Gasteiger partial charge in [0.2, 0.25) is 0 Å². The topological polar surface area (TPSA) is 9.23 Å². The number of halogens is 1. The minimum atomic E-state index is 0. The summed E-state index contributed by atoms with van der Waals surface area (Å²) in [6.07, 6.45) is 0. The molecule has 25 heavy (non-hydrogen) atoms. The summed E-state index contributed by atoms with van der Waals surface area (Å²) in [5, 5.41) is 2.13. The van der Waals surface area contributed by atoms with Crippen molar-refractivity contribution in [2.75, 3.05) is 27.2 Å². The van der Waals surface area contributed by atoms with E-state index >= 15 is 0 Å². The summed E-state index contributed by atoms with van der Waals surface area (Å²) < 4.78 is 6.70. The smallest absolute Gasteiger partial charge is 0.137 e. The van der Waals surface area contributed by atoms with Gasteiger partial charge in [0.1, 0.15) is 25.4 Å². The first-order chi connectivity index (χ1) is 11.7. The molecule has 2 aromatic carbocycles. The fourth-order valence-corrected chi connectivity index (χ4v) is 3.13. The molecule has 1 heterocycles. The van der Waals surface area contributed by atoms with Crippen LogP contribution in [0.2, 0.25) is 0 Å². The average Bonchev–Trinajstić information content (AvgIpc) is 3.10. The van der Waals surface area contributed by atoms with E-state index < -0.39 is 0 Å². The summed E-state index contributed by atoms with van der Waals surface area (Å²) >= 11 is 1.82. The van der Waals surface area contributed by atoms with E-state index in [1.807, 2.05) is 78.1 Å². The quantitative estimate of drug-likeness (QED) is 0.599. The highest BCUT2D eigenvalue weighted by atomic mass is 35.5. The van der Waals surface area contributed by atoms with E-state index in [2.05, 4.69) is 31.6 Å². The lowest BCUT2D eigenvalue weighted by Crippen LogP contribution is -3.00. The largest absolute Gasteiger partial charge is 1.00 e. The third-order valence-corrected chi connectivity index (χ3v) is 4.40. The summed E-state index contributed by atoms with van der Waals surface area (Å²) in [6, 6.07) is 26.3. The van der Waals surface area contributed by atoms with Crippen LogP contribution in [0.5, 0.6) is 5.75 Å². The molecule has 0 bridgehead atoms. The second-order valence-electron chi connectivity index (χ2n) is 6.21. The van der Waals surface area contributed by atoms with Gasteiger partial charge in [-0.1, -0.05) is 60.7 Å². The maximum atomic E-state index is 5.75. The third kappa shape index (κ3) is 9.30. The van der Waals surface area contributed by atoms with Crippen molar-refractivity contribution >= 4 is 11.3 Å². The Hall–Kier alpha value is -1.81. The summed E-state index contributed by atoms with van der Waals surface area (Å²) in [7, 11) is 4.49. The van der Waals surface area contributed by atoms with Crippen molar-refractivity contribution in [3.63, 3.8) is 0 Å². The molecule has 134 valence electrons. The number of thiophene rings is 1. The highest BCUT2D eigenvalue weighted by Gasteiger charge is 2.16. The predicted octanol–water partition coefficient (Wildman–Crippen LogP) is 2.09. The molecule has 0 amide bonds. The lowest BCUT2D eigenvalue weighted by atomic mass is 10.3. The fraction of sp³-hybridized carbons (Fsp3) is 0.238. The van der Waals surface area contributed by atoms with E-state index in [0.717, 1.165) is 29.9 Å². The Morgan fingerprint density at radius 3 is 1.88 bits per heavy atom. The molecule has 2 nitrogen and oxygen atoms in total. The van der Waals surface area contributed by atoms with Crippen LogP contribution in [-0.4, -0.2) is 31.7 Å².